The summed E-state index contributed by atoms with van der Waals surface area (Å²) in [5, 5.41) is 11.1. The van der Waals surface area contributed by atoms with Crippen molar-refractivity contribution in [1.82, 2.24) is 20.2 Å². The molecule has 0 amide bonds. The lowest BCUT2D eigenvalue weighted by Crippen LogP contribution is -2.01. The van der Waals surface area contributed by atoms with E-state index in [9.17, 15) is 8.78 Å². The molecule has 0 aliphatic heterocycles. The molecular formula is C13H9F2N5. The first-order valence-corrected chi connectivity index (χ1v) is 5.75. The predicted molar refractivity (Wildman–Crippen MR) is 68.9 cm³/mol. The summed E-state index contributed by atoms with van der Waals surface area (Å²) in [7, 11) is 0. The van der Waals surface area contributed by atoms with Crippen molar-refractivity contribution in [3.8, 4) is 17.1 Å². The molecule has 0 spiro atoms. The zero-order chi connectivity index (χ0) is 14.1. The van der Waals surface area contributed by atoms with Crippen LogP contribution in [0.2, 0.25) is 0 Å². The van der Waals surface area contributed by atoms with Gasteiger partial charge in [-0.15, -0.1) is 5.10 Å². The van der Waals surface area contributed by atoms with Crippen molar-refractivity contribution in [3.63, 3.8) is 0 Å². The Morgan fingerprint density at radius 2 is 1.75 bits per heavy atom. The minimum atomic E-state index is -0.525. The first kappa shape index (κ1) is 12.2. The molecule has 5 nitrogen and oxygen atoms in total. The van der Waals surface area contributed by atoms with Crippen molar-refractivity contribution < 1.29 is 8.78 Å². The highest BCUT2D eigenvalue weighted by Crippen LogP contribution is 2.24. The van der Waals surface area contributed by atoms with Gasteiger partial charge in [0.05, 0.1) is 11.3 Å². The Labute approximate surface area is 112 Å². The van der Waals surface area contributed by atoms with E-state index in [-0.39, 0.29) is 17.2 Å². The summed E-state index contributed by atoms with van der Waals surface area (Å²) < 4.78 is 28.2. The maximum atomic E-state index is 13.9. The summed E-state index contributed by atoms with van der Waals surface area (Å²) in [6.07, 6.45) is 0. The molecule has 1 aromatic heterocycles. The van der Waals surface area contributed by atoms with Gasteiger partial charge in [0, 0.05) is 5.69 Å². The van der Waals surface area contributed by atoms with Crippen molar-refractivity contribution in [2.24, 2.45) is 0 Å². The average molecular weight is 273 g/mol. The molecule has 100 valence electrons. The van der Waals surface area contributed by atoms with Crippen LogP contribution >= 0.6 is 0 Å². The largest absolute Gasteiger partial charge is 0.399 e. The second-order valence-electron chi connectivity index (χ2n) is 4.13. The lowest BCUT2D eigenvalue weighted by Gasteiger charge is -2.06. The molecule has 0 saturated heterocycles. The van der Waals surface area contributed by atoms with Crippen LogP contribution < -0.4 is 5.73 Å². The van der Waals surface area contributed by atoms with Gasteiger partial charge in [-0.05, 0) is 52.9 Å². The normalized spacial score (nSPS) is 10.7. The van der Waals surface area contributed by atoms with Gasteiger partial charge in [0.25, 0.3) is 0 Å². The van der Waals surface area contributed by atoms with Crippen LogP contribution in [0.25, 0.3) is 17.1 Å². The summed E-state index contributed by atoms with van der Waals surface area (Å²) in [5.41, 5.74) is 6.57. The van der Waals surface area contributed by atoms with Gasteiger partial charge in [-0.1, -0.05) is 0 Å². The van der Waals surface area contributed by atoms with Crippen molar-refractivity contribution in [3.05, 3.63) is 54.1 Å². The van der Waals surface area contributed by atoms with E-state index in [1.54, 1.807) is 6.07 Å². The lowest BCUT2D eigenvalue weighted by molar-refractivity contribution is 0.625. The Hall–Kier alpha value is -2.83. The van der Waals surface area contributed by atoms with Crippen LogP contribution in [0.1, 0.15) is 0 Å². The standard InChI is InChI=1S/C13H9F2N5/c14-8-1-4-10(5-2-8)20-13(17-18-19-20)11-6-3-9(16)7-12(11)15/h1-7H,16H2. The minimum absolute atomic E-state index is 0.216. The van der Waals surface area contributed by atoms with Gasteiger partial charge in [0.2, 0.25) is 0 Å². The molecule has 0 aliphatic rings. The third-order valence-electron chi connectivity index (χ3n) is 2.77. The topological polar surface area (TPSA) is 69.6 Å². The molecule has 7 heteroatoms. The molecule has 0 bridgehead atoms. The molecule has 0 saturated carbocycles. The first-order chi connectivity index (χ1) is 9.65. The Balaban J connectivity index is 2.12. The quantitative estimate of drug-likeness (QED) is 0.727. The third-order valence-corrected chi connectivity index (χ3v) is 2.77. The number of nitrogens with two attached hydrogens (primary N) is 1. The van der Waals surface area contributed by atoms with E-state index in [0.29, 0.717) is 11.4 Å². The Morgan fingerprint density at radius 3 is 2.45 bits per heavy atom. The molecule has 3 rings (SSSR count). The minimum Gasteiger partial charge on any atom is -0.399 e. The summed E-state index contributed by atoms with van der Waals surface area (Å²) in [5.74, 6) is -0.681. The second-order valence-corrected chi connectivity index (χ2v) is 4.13. The molecule has 0 fully saturated rings. The van der Waals surface area contributed by atoms with E-state index in [1.807, 2.05) is 0 Å². The van der Waals surface area contributed by atoms with Crippen LogP contribution in [0.15, 0.2) is 42.5 Å². The SMILES string of the molecule is Nc1ccc(-c2nnnn2-c2ccc(F)cc2)c(F)c1. The molecule has 2 N–H and O–H groups in total. The summed E-state index contributed by atoms with van der Waals surface area (Å²) in [6.45, 7) is 0. The van der Waals surface area contributed by atoms with Gasteiger partial charge < -0.3 is 5.73 Å². The molecule has 0 atom stereocenters. The van der Waals surface area contributed by atoms with E-state index < -0.39 is 5.82 Å². The lowest BCUT2D eigenvalue weighted by atomic mass is 10.2. The highest BCUT2D eigenvalue weighted by Gasteiger charge is 2.14. The number of hydrogen-bond acceptors (Lipinski definition) is 4. The van der Waals surface area contributed by atoms with Gasteiger partial charge in [-0.2, -0.15) is 4.68 Å². The Bertz CT molecular complexity index is 752. The molecule has 0 radical (unpaired) electrons. The highest BCUT2D eigenvalue weighted by atomic mass is 19.1. The van der Waals surface area contributed by atoms with E-state index in [0.717, 1.165) is 0 Å². The average Bonchev–Trinajstić information content (AvgIpc) is 2.88. The maximum Gasteiger partial charge on any atom is 0.190 e. The van der Waals surface area contributed by atoms with Gasteiger partial charge in [0.1, 0.15) is 11.6 Å². The Kier molecular flexibility index (Phi) is 2.86. The fourth-order valence-electron chi connectivity index (χ4n) is 1.82. The number of aromatic nitrogens is 4. The summed E-state index contributed by atoms with van der Waals surface area (Å²) in [4.78, 5) is 0. The fourth-order valence-corrected chi connectivity index (χ4v) is 1.82. The van der Waals surface area contributed by atoms with Crippen LogP contribution in [0.4, 0.5) is 14.5 Å². The zero-order valence-corrected chi connectivity index (χ0v) is 10.2. The van der Waals surface area contributed by atoms with Crippen molar-refractivity contribution in [2.75, 3.05) is 5.73 Å². The monoisotopic (exact) mass is 273 g/mol. The second kappa shape index (κ2) is 4.69. The summed E-state index contributed by atoms with van der Waals surface area (Å²) >= 11 is 0. The number of rotatable bonds is 2. The highest BCUT2D eigenvalue weighted by molar-refractivity contribution is 5.61. The van der Waals surface area contributed by atoms with E-state index in [2.05, 4.69) is 15.5 Å². The van der Waals surface area contributed by atoms with Crippen LogP contribution in [-0.2, 0) is 0 Å². The first-order valence-electron chi connectivity index (χ1n) is 5.75. The fraction of sp³-hybridized carbons (Fsp3) is 0. The van der Waals surface area contributed by atoms with Crippen LogP contribution in [0.3, 0.4) is 0 Å². The van der Waals surface area contributed by atoms with Crippen molar-refractivity contribution in [2.45, 2.75) is 0 Å². The van der Waals surface area contributed by atoms with E-state index in [1.165, 1.54) is 41.1 Å². The van der Waals surface area contributed by atoms with Crippen LogP contribution in [0.5, 0.6) is 0 Å². The van der Waals surface area contributed by atoms with Crippen LogP contribution in [-0.4, -0.2) is 20.2 Å². The number of anilines is 1. The molecule has 3 aromatic rings. The third kappa shape index (κ3) is 2.09. The number of halogens is 2. The number of nitrogens with zero attached hydrogens (tertiary/aromatic N) is 4. The summed E-state index contributed by atoms with van der Waals surface area (Å²) in [6, 6.07) is 9.81. The predicted octanol–water partition coefficient (Wildman–Crippen LogP) is 2.19. The maximum absolute atomic E-state index is 13.9. The Morgan fingerprint density at radius 1 is 1.00 bits per heavy atom. The molecule has 0 unspecified atom stereocenters. The van der Waals surface area contributed by atoms with Gasteiger partial charge >= 0.3 is 0 Å². The molecule has 2 aromatic carbocycles. The van der Waals surface area contributed by atoms with Gasteiger partial charge in [-0.3, -0.25) is 0 Å². The van der Waals surface area contributed by atoms with Crippen molar-refractivity contribution >= 4 is 5.69 Å². The van der Waals surface area contributed by atoms with Gasteiger partial charge in [-0.25, -0.2) is 8.78 Å². The zero-order valence-electron chi connectivity index (χ0n) is 10.2. The smallest absolute Gasteiger partial charge is 0.190 e. The molecule has 20 heavy (non-hydrogen) atoms. The molecule has 1 heterocycles. The number of hydrogen-bond donors (Lipinski definition) is 1. The number of tetrazole rings is 1. The van der Waals surface area contributed by atoms with Crippen molar-refractivity contribution in [1.29, 1.82) is 0 Å². The van der Waals surface area contributed by atoms with Crippen LogP contribution in [0, 0.1) is 11.6 Å². The van der Waals surface area contributed by atoms with E-state index >= 15 is 0 Å². The number of benzene rings is 2. The number of nitrogen functional groups attached to an aromatic ring is 1. The van der Waals surface area contributed by atoms with Gasteiger partial charge in [0.15, 0.2) is 5.82 Å². The van der Waals surface area contributed by atoms with E-state index in [4.69, 9.17) is 5.73 Å². The molecular weight excluding hydrogens is 264 g/mol. The molecule has 0 aliphatic carbocycles.